The van der Waals surface area contributed by atoms with Crippen molar-refractivity contribution in [1.82, 2.24) is 25.2 Å². The van der Waals surface area contributed by atoms with Crippen LogP contribution in [0.15, 0.2) is 60.0 Å². The summed E-state index contributed by atoms with van der Waals surface area (Å²) in [5.74, 6) is -0.369. The second-order valence-corrected chi connectivity index (χ2v) is 10.7. The van der Waals surface area contributed by atoms with Crippen LogP contribution in [0, 0.1) is 13.8 Å². The zero-order valence-electron chi connectivity index (χ0n) is 21.8. The molecule has 0 bridgehead atoms. The van der Waals surface area contributed by atoms with Gasteiger partial charge in [0.05, 0.1) is 11.6 Å². The van der Waals surface area contributed by atoms with Crippen molar-refractivity contribution in [2.24, 2.45) is 0 Å². The van der Waals surface area contributed by atoms with E-state index in [0.717, 1.165) is 52.0 Å². The number of para-hydroxylation sites is 1. The van der Waals surface area contributed by atoms with E-state index in [-0.39, 0.29) is 24.5 Å². The van der Waals surface area contributed by atoms with Crippen molar-refractivity contribution in [2.75, 3.05) is 19.7 Å². The quantitative estimate of drug-likeness (QED) is 0.331. The Balaban J connectivity index is 1.46. The number of carbonyl (C=O) groups is 2. The largest absolute Gasteiger partial charge is 0.376 e. The molecule has 38 heavy (non-hydrogen) atoms. The number of nitrogens with one attached hydrogen (secondary N) is 1. The van der Waals surface area contributed by atoms with Crippen molar-refractivity contribution in [3.05, 3.63) is 81.5 Å². The fourth-order valence-electron chi connectivity index (χ4n) is 4.97. The number of thiophene rings is 1. The fourth-order valence-corrected chi connectivity index (χ4v) is 6.00. The molecule has 5 rings (SSSR count). The molecule has 2 atom stereocenters. The summed E-state index contributed by atoms with van der Waals surface area (Å²) in [6, 6.07) is 17.0. The van der Waals surface area contributed by atoms with Gasteiger partial charge in [-0.05, 0) is 73.4 Å². The zero-order chi connectivity index (χ0) is 26.5. The highest BCUT2D eigenvalue weighted by molar-refractivity contribution is 7.10. The first-order valence-corrected chi connectivity index (χ1v) is 13.9. The number of hydrogen-bond donors (Lipinski definition) is 1. The summed E-state index contributed by atoms with van der Waals surface area (Å²) in [6.07, 6.45) is 2.58. The molecule has 0 radical (unpaired) electrons. The lowest BCUT2D eigenvalue weighted by molar-refractivity contribution is -0.141. The van der Waals surface area contributed by atoms with Gasteiger partial charge in [-0.25, -0.2) is 4.68 Å². The smallest absolute Gasteiger partial charge is 0.248 e. The molecule has 9 heteroatoms. The van der Waals surface area contributed by atoms with E-state index >= 15 is 0 Å². The normalized spacial score (nSPS) is 16.0. The average molecular weight is 532 g/mol. The van der Waals surface area contributed by atoms with Crippen LogP contribution in [0.25, 0.3) is 11.0 Å². The van der Waals surface area contributed by atoms with Gasteiger partial charge in [-0.15, -0.1) is 16.4 Å². The van der Waals surface area contributed by atoms with E-state index in [0.29, 0.717) is 19.5 Å². The van der Waals surface area contributed by atoms with Crippen LogP contribution in [0.4, 0.5) is 0 Å². The summed E-state index contributed by atoms with van der Waals surface area (Å²) in [4.78, 5) is 30.4. The minimum atomic E-state index is -0.747. The minimum Gasteiger partial charge on any atom is -0.376 e. The molecular weight excluding hydrogens is 498 g/mol. The molecule has 0 unspecified atom stereocenters. The summed E-state index contributed by atoms with van der Waals surface area (Å²) in [5, 5.41) is 13.5. The van der Waals surface area contributed by atoms with E-state index in [1.807, 2.05) is 54.8 Å². The standard InChI is InChI=1S/C29H33N5O3S/c1-20-8-3-4-9-22(20)13-15-33(26(35)19-34-25-12-6-5-11-24(25)31-32-34)27(28-21(2)14-17-38-28)29(36)30-18-23-10-7-16-37-23/h3-6,8-9,11-12,14,17,23,27H,7,10,13,15-16,18-19H2,1-2H3,(H,30,36)/t23-,27+/m0/s1. The van der Waals surface area contributed by atoms with Crippen LogP contribution >= 0.6 is 11.3 Å². The number of aromatic nitrogens is 3. The SMILES string of the molecule is Cc1ccccc1CCN(C(=O)Cn1nnc2ccccc21)[C@@H](C(=O)NC[C@@H]1CCCO1)c1sccc1C. The predicted molar refractivity (Wildman–Crippen MR) is 148 cm³/mol. The summed E-state index contributed by atoms with van der Waals surface area (Å²) in [5.41, 5.74) is 4.82. The maximum absolute atomic E-state index is 14.0. The Kier molecular flexibility index (Phi) is 8.14. The van der Waals surface area contributed by atoms with Crippen LogP contribution in [0.2, 0.25) is 0 Å². The van der Waals surface area contributed by atoms with Crippen molar-refractivity contribution in [3.63, 3.8) is 0 Å². The first kappa shape index (κ1) is 26.1. The molecule has 1 aliphatic rings. The molecule has 2 amide bonds. The minimum absolute atomic E-state index is 0.00573. The van der Waals surface area contributed by atoms with E-state index < -0.39 is 6.04 Å². The van der Waals surface area contributed by atoms with Gasteiger partial charge < -0.3 is 15.0 Å². The number of fused-ring (bicyclic) bond motifs is 1. The van der Waals surface area contributed by atoms with Gasteiger partial charge in [-0.2, -0.15) is 0 Å². The molecule has 3 heterocycles. The van der Waals surface area contributed by atoms with Crippen LogP contribution in [0.1, 0.15) is 40.5 Å². The molecule has 4 aromatic rings. The second-order valence-electron chi connectivity index (χ2n) is 9.75. The number of nitrogens with zero attached hydrogens (tertiary/aromatic N) is 4. The Bertz CT molecular complexity index is 1410. The number of ether oxygens (including phenoxy) is 1. The molecule has 0 saturated carbocycles. The van der Waals surface area contributed by atoms with Gasteiger partial charge in [0.25, 0.3) is 0 Å². The lowest BCUT2D eigenvalue weighted by atomic mass is 10.0. The highest BCUT2D eigenvalue weighted by atomic mass is 32.1. The number of rotatable bonds is 10. The van der Waals surface area contributed by atoms with Gasteiger partial charge in [-0.3, -0.25) is 9.59 Å². The topological polar surface area (TPSA) is 89.4 Å². The van der Waals surface area contributed by atoms with Crippen molar-refractivity contribution in [3.8, 4) is 0 Å². The first-order chi connectivity index (χ1) is 18.5. The third-order valence-corrected chi connectivity index (χ3v) is 8.22. The molecule has 1 saturated heterocycles. The Morgan fingerprint density at radius 1 is 1.13 bits per heavy atom. The molecule has 8 nitrogen and oxygen atoms in total. The zero-order valence-corrected chi connectivity index (χ0v) is 22.6. The van der Waals surface area contributed by atoms with Crippen molar-refractivity contribution < 1.29 is 14.3 Å². The van der Waals surface area contributed by atoms with Crippen LogP contribution in [0.5, 0.6) is 0 Å². The number of hydrogen-bond acceptors (Lipinski definition) is 6. The predicted octanol–water partition coefficient (Wildman–Crippen LogP) is 4.22. The molecule has 0 aliphatic carbocycles. The summed E-state index contributed by atoms with van der Waals surface area (Å²) in [6.45, 7) is 5.60. The number of benzene rings is 2. The molecular formula is C29H33N5O3S. The lowest BCUT2D eigenvalue weighted by Gasteiger charge is -2.31. The van der Waals surface area contributed by atoms with Crippen molar-refractivity contribution in [2.45, 2.75) is 51.8 Å². The Labute approximate surface area is 226 Å². The number of aryl methyl sites for hydroxylation is 2. The summed E-state index contributed by atoms with van der Waals surface area (Å²) >= 11 is 1.50. The van der Waals surface area contributed by atoms with Crippen LogP contribution in [0.3, 0.4) is 0 Å². The molecule has 2 aromatic carbocycles. The van der Waals surface area contributed by atoms with Gasteiger partial charge in [-0.1, -0.05) is 41.6 Å². The van der Waals surface area contributed by atoms with Gasteiger partial charge in [0.2, 0.25) is 11.8 Å². The van der Waals surface area contributed by atoms with E-state index in [4.69, 9.17) is 4.74 Å². The highest BCUT2D eigenvalue weighted by Crippen LogP contribution is 2.30. The maximum Gasteiger partial charge on any atom is 0.248 e. The summed E-state index contributed by atoms with van der Waals surface area (Å²) in [7, 11) is 0. The second kappa shape index (κ2) is 11.9. The molecule has 0 spiro atoms. The fraction of sp³-hybridized carbons (Fsp3) is 0.379. The van der Waals surface area contributed by atoms with Crippen LogP contribution < -0.4 is 5.32 Å². The van der Waals surface area contributed by atoms with Gasteiger partial charge in [0.1, 0.15) is 18.1 Å². The van der Waals surface area contributed by atoms with E-state index in [1.165, 1.54) is 11.3 Å². The van der Waals surface area contributed by atoms with E-state index in [1.54, 1.807) is 9.58 Å². The number of carbonyl (C=O) groups excluding carboxylic acids is 2. The lowest BCUT2D eigenvalue weighted by Crippen LogP contribution is -2.47. The van der Waals surface area contributed by atoms with Crippen molar-refractivity contribution >= 4 is 34.2 Å². The number of amides is 2. The van der Waals surface area contributed by atoms with Gasteiger partial charge in [0, 0.05) is 24.6 Å². The Hall–Kier alpha value is -3.56. The molecule has 1 aliphatic heterocycles. The van der Waals surface area contributed by atoms with E-state index in [9.17, 15) is 9.59 Å². The van der Waals surface area contributed by atoms with Crippen molar-refractivity contribution in [1.29, 1.82) is 0 Å². The monoisotopic (exact) mass is 531 g/mol. The Morgan fingerprint density at radius 3 is 2.71 bits per heavy atom. The molecule has 2 aromatic heterocycles. The average Bonchev–Trinajstić information content (AvgIpc) is 3.68. The van der Waals surface area contributed by atoms with E-state index in [2.05, 4.69) is 34.7 Å². The molecule has 1 N–H and O–H groups in total. The molecule has 1 fully saturated rings. The van der Waals surface area contributed by atoms with Gasteiger partial charge >= 0.3 is 0 Å². The highest BCUT2D eigenvalue weighted by Gasteiger charge is 2.34. The maximum atomic E-state index is 14.0. The molecule has 198 valence electrons. The summed E-state index contributed by atoms with van der Waals surface area (Å²) < 4.78 is 7.34. The third kappa shape index (κ3) is 5.79. The first-order valence-electron chi connectivity index (χ1n) is 13.1. The Morgan fingerprint density at radius 2 is 1.95 bits per heavy atom. The van der Waals surface area contributed by atoms with Crippen LogP contribution in [-0.4, -0.2) is 57.5 Å². The van der Waals surface area contributed by atoms with Crippen LogP contribution in [-0.2, 0) is 27.3 Å². The van der Waals surface area contributed by atoms with Gasteiger partial charge in [0.15, 0.2) is 0 Å². The third-order valence-electron chi connectivity index (χ3n) is 7.15.